The predicted octanol–water partition coefficient (Wildman–Crippen LogP) is 8.84. The second kappa shape index (κ2) is 14.9. The van der Waals surface area contributed by atoms with Gasteiger partial charge < -0.3 is 14.6 Å². The minimum atomic E-state index is -2.47. The highest BCUT2D eigenvalue weighted by atomic mass is 28.3. The molecule has 0 saturated carbocycles. The van der Waals surface area contributed by atoms with Crippen molar-refractivity contribution in [1.82, 2.24) is 15.0 Å². The fourth-order valence-electron chi connectivity index (χ4n) is 10.5. The molecule has 2 amide bonds. The fourth-order valence-corrected chi connectivity index (χ4v) is 14.6. The number of aromatic nitrogens is 3. The van der Waals surface area contributed by atoms with Crippen molar-refractivity contribution in [2.45, 2.75) is 56.1 Å². The molecule has 0 aliphatic carbocycles. The van der Waals surface area contributed by atoms with E-state index in [0.717, 1.165) is 44.7 Å². The zero-order valence-electron chi connectivity index (χ0n) is 34.6. The van der Waals surface area contributed by atoms with Crippen molar-refractivity contribution in [1.29, 1.82) is 0 Å². The summed E-state index contributed by atoms with van der Waals surface area (Å²) in [5, 5.41) is 22.6. The molecular formula is C50H47N5O5Si. The Kier molecular flexibility index (Phi) is 9.50. The molecule has 1 N–H and O–H groups in total. The summed E-state index contributed by atoms with van der Waals surface area (Å²) in [7, 11) is -0.801. The Morgan fingerprint density at radius 1 is 0.820 bits per heavy atom. The number of anilines is 4. The lowest BCUT2D eigenvalue weighted by Gasteiger charge is -2.37. The van der Waals surface area contributed by atoms with Crippen LogP contribution in [-0.4, -0.2) is 59.8 Å². The van der Waals surface area contributed by atoms with E-state index in [1.54, 1.807) is 16.9 Å². The van der Waals surface area contributed by atoms with E-state index in [9.17, 15) is 9.90 Å². The van der Waals surface area contributed by atoms with Crippen LogP contribution in [0.1, 0.15) is 46.4 Å². The van der Waals surface area contributed by atoms with E-state index >= 15 is 4.79 Å². The highest BCUT2D eigenvalue weighted by molar-refractivity contribution is 6.91. The van der Waals surface area contributed by atoms with Crippen molar-refractivity contribution < 1.29 is 24.2 Å². The number of aliphatic hydroxyl groups is 1. The molecule has 306 valence electrons. The number of ether oxygens (including phenoxy) is 2. The van der Waals surface area contributed by atoms with Crippen LogP contribution in [0.4, 0.5) is 22.7 Å². The Morgan fingerprint density at radius 2 is 1.54 bits per heavy atom. The first-order chi connectivity index (χ1) is 29.6. The number of aliphatic hydroxyl groups excluding tert-OH is 1. The first-order valence-electron chi connectivity index (χ1n) is 20.9. The van der Waals surface area contributed by atoms with Gasteiger partial charge >= 0.3 is 0 Å². The standard InChI is InChI=1S/C50H47N5O5Si/c1-32-47(61(3,4)38-24-22-37(59-2)23-25-38)45(27-28-53-30-42(51-52-53)40(31-56)33-13-7-5-8-14-33)60-50(32)41-29-36(21-26-43(41)55(49(50)58)35-17-9-6-10-18-35)54-44-20-12-16-34-15-11-19-39(46(34)44)48(54)57/h5-26,29-30,32,40,45,47,56H,27-28,31H2,1-4H3/t32-,40?,45+,47-,50+/m1/s1. The third-order valence-electron chi connectivity index (χ3n) is 13.5. The van der Waals surface area contributed by atoms with Gasteiger partial charge in [-0.25, -0.2) is 0 Å². The number of carbonyl (C=O) groups excluding carboxylic acids is 2. The van der Waals surface area contributed by atoms with E-state index in [-0.39, 0.29) is 41.9 Å². The van der Waals surface area contributed by atoms with E-state index in [2.05, 4.69) is 42.5 Å². The molecule has 4 heterocycles. The molecule has 0 radical (unpaired) electrons. The third kappa shape index (κ3) is 6.05. The van der Waals surface area contributed by atoms with Crippen molar-refractivity contribution in [2.24, 2.45) is 5.92 Å². The molecule has 10 rings (SSSR count). The highest BCUT2D eigenvalue weighted by Gasteiger charge is 2.66. The van der Waals surface area contributed by atoms with Crippen LogP contribution in [0.2, 0.25) is 18.6 Å². The molecule has 1 aromatic heterocycles. The van der Waals surface area contributed by atoms with Crippen LogP contribution in [0.15, 0.2) is 146 Å². The Hall–Kier alpha value is -6.40. The summed E-state index contributed by atoms with van der Waals surface area (Å²) in [5.41, 5.74) is 4.69. The number of rotatable bonds is 11. The number of fused-ring (bicyclic) bond motifs is 2. The molecule has 11 heteroatoms. The number of nitrogens with zero attached hydrogens (tertiary/aromatic N) is 5. The Bertz CT molecular complexity index is 2790. The lowest BCUT2D eigenvalue weighted by molar-refractivity contribution is -0.145. The van der Waals surface area contributed by atoms with Crippen LogP contribution >= 0.6 is 0 Å². The van der Waals surface area contributed by atoms with Crippen LogP contribution in [0.25, 0.3) is 10.8 Å². The maximum absolute atomic E-state index is 15.7. The van der Waals surface area contributed by atoms with Gasteiger partial charge in [0.1, 0.15) is 5.75 Å². The normalized spacial score (nSPS) is 21.2. The quantitative estimate of drug-likeness (QED) is 0.130. The number of benzene rings is 6. The molecule has 3 aliphatic heterocycles. The maximum atomic E-state index is 15.7. The zero-order valence-corrected chi connectivity index (χ0v) is 35.6. The summed E-state index contributed by atoms with van der Waals surface area (Å²) in [6.07, 6.45) is 2.13. The summed E-state index contributed by atoms with van der Waals surface area (Å²) in [5.74, 6) is -0.0220. The van der Waals surface area contributed by atoms with Crippen molar-refractivity contribution in [3.05, 3.63) is 168 Å². The van der Waals surface area contributed by atoms with Crippen LogP contribution < -0.4 is 19.7 Å². The van der Waals surface area contributed by atoms with E-state index in [1.807, 2.05) is 138 Å². The van der Waals surface area contributed by atoms with Crippen molar-refractivity contribution in [2.75, 3.05) is 23.5 Å². The molecular weight excluding hydrogens is 779 g/mol. The van der Waals surface area contributed by atoms with E-state index in [0.29, 0.717) is 29.9 Å². The second-order valence-corrected chi connectivity index (χ2v) is 21.7. The van der Waals surface area contributed by atoms with Gasteiger partial charge in [0.05, 0.1) is 56.4 Å². The Labute approximate surface area is 356 Å². The largest absolute Gasteiger partial charge is 0.497 e. The number of hydrogen-bond acceptors (Lipinski definition) is 7. The number of aryl methyl sites for hydroxylation is 1. The first-order valence-corrected chi connectivity index (χ1v) is 24.0. The minimum absolute atomic E-state index is 0.0269. The molecule has 1 fully saturated rings. The van der Waals surface area contributed by atoms with Gasteiger partial charge in [0.15, 0.2) is 5.60 Å². The summed E-state index contributed by atoms with van der Waals surface area (Å²) >= 11 is 0. The summed E-state index contributed by atoms with van der Waals surface area (Å²) in [6.45, 7) is 7.33. The van der Waals surface area contributed by atoms with Gasteiger partial charge in [0, 0.05) is 41.0 Å². The van der Waals surface area contributed by atoms with Gasteiger partial charge in [0.25, 0.3) is 11.8 Å². The average molecular weight is 826 g/mol. The Balaban J connectivity index is 1.08. The number of amides is 2. The highest BCUT2D eigenvalue weighted by Crippen LogP contribution is 2.62. The molecule has 1 unspecified atom stereocenters. The molecule has 1 saturated heterocycles. The maximum Gasteiger partial charge on any atom is 0.268 e. The van der Waals surface area contributed by atoms with Crippen molar-refractivity contribution >= 4 is 58.6 Å². The van der Waals surface area contributed by atoms with Crippen molar-refractivity contribution in [3.63, 3.8) is 0 Å². The van der Waals surface area contributed by atoms with Crippen molar-refractivity contribution in [3.8, 4) is 5.75 Å². The molecule has 0 bridgehead atoms. The van der Waals surface area contributed by atoms with Gasteiger partial charge in [-0.15, -0.1) is 5.10 Å². The molecule has 1 spiro atoms. The van der Waals surface area contributed by atoms with Gasteiger partial charge in [0.2, 0.25) is 0 Å². The zero-order chi connectivity index (χ0) is 42.0. The molecule has 6 aromatic carbocycles. The fraction of sp³-hybridized carbons (Fsp3) is 0.240. The minimum Gasteiger partial charge on any atom is -0.497 e. The van der Waals surface area contributed by atoms with Gasteiger partial charge in [-0.3, -0.25) is 24.1 Å². The molecule has 7 aromatic rings. The van der Waals surface area contributed by atoms with Gasteiger partial charge in [-0.1, -0.05) is 115 Å². The summed E-state index contributed by atoms with van der Waals surface area (Å²) in [6, 6.07) is 45.8. The van der Waals surface area contributed by atoms with Crippen LogP contribution in [0.5, 0.6) is 5.75 Å². The number of carbonyl (C=O) groups is 2. The van der Waals surface area contributed by atoms with E-state index in [1.165, 1.54) is 5.19 Å². The molecule has 3 aliphatic rings. The van der Waals surface area contributed by atoms with Gasteiger partial charge in [-0.2, -0.15) is 0 Å². The molecule has 5 atom stereocenters. The number of hydrogen-bond donors (Lipinski definition) is 1. The lowest BCUT2D eigenvalue weighted by Crippen LogP contribution is -2.51. The SMILES string of the molecule is COc1ccc([Si](C)(C)[C@H]2[C@H](CCn3cc(C(CO)c4ccccc4)nn3)O[C@@]3(C(=O)N(c4ccccc4)c4ccc(N5C(=O)c6cccc7cccc5c67)cc43)[C@@H]2C)cc1. The molecule has 10 nitrogen and oxygen atoms in total. The monoisotopic (exact) mass is 825 g/mol. The first kappa shape index (κ1) is 38.8. The molecule has 61 heavy (non-hydrogen) atoms. The van der Waals surface area contributed by atoms with Crippen LogP contribution in [0, 0.1) is 5.92 Å². The second-order valence-electron chi connectivity index (χ2n) is 17.0. The number of para-hydroxylation sites is 1. The Morgan fingerprint density at radius 3 is 2.26 bits per heavy atom. The van der Waals surface area contributed by atoms with Crippen LogP contribution in [0.3, 0.4) is 0 Å². The summed E-state index contributed by atoms with van der Waals surface area (Å²) in [4.78, 5) is 33.5. The van der Waals surface area contributed by atoms with E-state index < -0.39 is 13.7 Å². The predicted molar refractivity (Wildman–Crippen MR) is 240 cm³/mol. The van der Waals surface area contributed by atoms with Crippen LogP contribution in [-0.2, 0) is 21.7 Å². The topological polar surface area (TPSA) is 110 Å². The lowest BCUT2D eigenvalue weighted by atomic mass is 9.82. The number of methoxy groups -OCH3 is 1. The smallest absolute Gasteiger partial charge is 0.268 e. The summed E-state index contributed by atoms with van der Waals surface area (Å²) < 4.78 is 14.9. The van der Waals surface area contributed by atoms with Gasteiger partial charge in [-0.05, 0) is 77.5 Å². The third-order valence-corrected chi connectivity index (χ3v) is 17.9. The average Bonchev–Trinajstić information content (AvgIpc) is 4.02. The van der Waals surface area contributed by atoms with E-state index in [4.69, 9.17) is 9.47 Å².